The van der Waals surface area contributed by atoms with Gasteiger partial charge in [-0.1, -0.05) is 0 Å². The van der Waals surface area contributed by atoms with Gasteiger partial charge >= 0.3 is 0 Å². The summed E-state index contributed by atoms with van der Waals surface area (Å²) < 4.78 is 5.52. The Bertz CT molecular complexity index is 178. The van der Waals surface area contributed by atoms with Crippen LogP contribution in [0.5, 0.6) is 0 Å². The summed E-state index contributed by atoms with van der Waals surface area (Å²) in [7, 11) is 6.18. The molecule has 1 unspecified atom stereocenters. The van der Waals surface area contributed by atoms with Crippen LogP contribution in [0.4, 0.5) is 0 Å². The molecule has 0 saturated carbocycles. The van der Waals surface area contributed by atoms with Gasteiger partial charge in [0.2, 0.25) is 0 Å². The summed E-state index contributed by atoms with van der Waals surface area (Å²) in [5.74, 6) is 1.13. The smallest absolute Gasteiger partial charge is 0.109 e. The molecule has 1 atom stereocenters. The van der Waals surface area contributed by atoms with E-state index in [1.165, 1.54) is 0 Å². The van der Waals surface area contributed by atoms with Crippen LogP contribution in [0, 0.1) is 0 Å². The van der Waals surface area contributed by atoms with Crippen molar-refractivity contribution in [3.63, 3.8) is 0 Å². The molecule has 1 rings (SSSR count). The SMILES string of the molecule is CNC(CCN(C)C)C1=CCCO1. The van der Waals surface area contributed by atoms with Crippen LogP contribution >= 0.6 is 0 Å². The van der Waals surface area contributed by atoms with Crippen molar-refractivity contribution in [3.05, 3.63) is 11.8 Å². The van der Waals surface area contributed by atoms with Crippen molar-refractivity contribution in [2.45, 2.75) is 18.9 Å². The maximum Gasteiger partial charge on any atom is 0.109 e. The molecule has 76 valence electrons. The fourth-order valence-corrected chi connectivity index (χ4v) is 1.50. The van der Waals surface area contributed by atoms with E-state index in [-0.39, 0.29) is 0 Å². The third-order valence-electron chi connectivity index (χ3n) is 2.29. The van der Waals surface area contributed by atoms with E-state index < -0.39 is 0 Å². The maximum absolute atomic E-state index is 5.52. The van der Waals surface area contributed by atoms with Gasteiger partial charge in [0.1, 0.15) is 5.76 Å². The van der Waals surface area contributed by atoms with Crippen LogP contribution in [0.2, 0.25) is 0 Å². The van der Waals surface area contributed by atoms with E-state index in [9.17, 15) is 0 Å². The second kappa shape index (κ2) is 5.25. The number of hydrogen-bond acceptors (Lipinski definition) is 3. The summed E-state index contributed by atoms with van der Waals surface area (Å²) in [4.78, 5) is 2.19. The molecule has 0 bridgehead atoms. The molecule has 0 aromatic carbocycles. The zero-order valence-electron chi connectivity index (χ0n) is 8.84. The number of ether oxygens (including phenoxy) is 1. The first kappa shape index (κ1) is 10.5. The molecule has 0 fully saturated rings. The van der Waals surface area contributed by atoms with Crippen LogP contribution in [0.3, 0.4) is 0 Å². The van der Waals surface area contributed by atoms with Crippen LogP contribution in [0.15, 0.2) is 11.8 Å². The van der Waals surface area contributed by atoms with Crippen molar-refractivity contribution in [2.24, 2.45) is 0 Å². The van der Waals surface area contributed by atoms with Gasteiger partial charge in [0, 0.05) is 6.42 Å². The molecule has 3 nitrogen and oxygen atoms in total. The van der Waals surface area contributed by atoms with Crippen molar-refractivity contribution < 1.29 is 4.74 Å². The van der Waals surface area contributed by atoms with Crippen molar-refractivity contribution in [3.8, 4) is 0 Å². The van der Waals surface area contributed by atoms with Gasteiger partial charge in [-0.3, -0.25) is 0 Å². The normalized spacial score (nSPS) is 18.6. The Morgan fingerprint density at radius 1 is 1.62 bits per heavy atom. The van der Waals surface area contributed by atoms with E-state index in [2.05, 4.69) is 30.4 Å². The summed E-state index contributed by atoms with van der Waals surface area (Å²) >= 11 is 0. The molecule has 0 spiro atoms. The zero-order chi connectivity index (χ0) is 9.68. The molecule has 0 amide bonds. The van der Waals surface area contributed by atoms with Gasteiger partial charge in [0.25, 0.3) is 0 Å². The summed E-state index contributed by atoms with van der Waals surface area (Å²) in [5, 5.41) is 3.28. The Balaban J connectivity index is 2.33. The van der Waals surface area contributed by atoms with Crippen LogP contribution in [0.1, 0.15) is 12.8 Å². The molecule has 1 aliphatic heterocycles. The zero-order valence-corrected chi connectivity index (χ0v) is 8.84. The Labute approximate surface area is 80.8 Å². The molecule has 3 heteroatoms. The van der Waals surface area contributed by atoms with E-state index in [0.29, 0.717) is 6.04 Å². The van der Waals surface area contributed by atoms with Crippen LogP contribution in [0.25, 0.3) is 0 Å². The first-order valence-corrected chi connectivity index (χ1v) is 4.89. The summed E-state index contributed by atoms with van der Waals surface area (Å²) in [6, 6.07) is 0.393. The van der Waals surface area contributed by atoms with Gasteiger partial charge in [-0.2, -0.15) is 0 Å². The van der Waals surface area contributed by atoms with E-state index in [4.69, 9.17) is 4.74 Å². The molecule has 0 saturated heterocycles. The number of nitrogens with zero attached hydrogens (tertiary/aromatic N) is 1. The molecular formula is C10H20N2O. The molecule has 13 heavy (non-hydrogen) atoms. The van der Waals surface area contributed by atoms with Gasteiger partial charge in [0.15, 0.2) is 0 Å². The molecule has 0 aromatic heterocycles. The summed E-state index contributed by atoms with van der Waals surface area (Å²) in [6.07, 6.45) is 4.36. The molecule has 0 aliphatic carbocycles. The van der Waals surface area contributed by atoms with Gasteiger partial charge in [-0.15, -0.1) is 0 Å². The third-order valence-corrected chi connectivity index (χ3v) is 2.29. The Hall–Kier alpha value is -0.540. The van der Waals surface area contributed by atoms with Crippen molar-refractivity contribution in [1.82, 2.24) is 10.2 Å². The van der Waals surface area contributed by atoms with E-state index in [1.54, 1.807) is 0 Å². The molecule has 1 N–H and O–H groups in total. The Morgan fingerprint density at radius 2 is 2.38 bits per heavy atom. The predicted octanol–water partition coefficient (Wildman–Crippen LogP) is 0.830. The predicted molar refractivity (Wildman–Crippen MR) is 54.7 cm³/mol. The lowest BCUT2D eigenvalue weighted by atomic mass is 10.1. The summed E-state index contributed by atoms with van der Waals surface area (Å²) in [5.41, 5.74) is 0. The van der Waals surface area contributed by atoms with Crippen LogP contribution in [-0.4, -0.2) is 45.2 Å². The van der Waals surface area contributed by atoms with E-state index in [1.807, 2.05) is 7.05 Å². The number of hydrogen-bond donors (Lipinski definition) is 1. The number of nitrogens with one attached hydrogen (secondary N) is 1. The average molecular weight is 184 g/mol. The Kier molecular flexibility index (Phi) is 4.25. The van der Waals surface area contributed by atoms with Gasteiger partial charge in [-0.25, -0.2) is 0 Å². The van der Waals surface area contributed by atoms with Crippen LogP contribution in [-0.2, 0) is 4.74 Å². The second-order valence-electron chi connectivity index (χ2n) is 3.68. The van der Waals surface area contributed by atoms with Crippen molar-refractivity contribution >= 4 is 0 Å². The summed E-state index contributed by atoms with van der Waals surface area (Å²) in [6.45, 7) is 1.95. The number of likely N-dealkylation sites (N-methyl/N-ethyl adjacent to an activating group) is 1. The standard InChI is InChI=1S/C10H20N2O/c1-11-9(6-7-12(2)3)10-5-4-8-13-10/h5,9,11H,4,6-8H2,1-3H3. The van der Waals surface area contributed by atoms with Crippen LogP contribution < -0.4 is 5.32 Å². The monoisotopic (exact) mass is 184 g/mol. The highest BCUT2D eigenvalue weighted by atomic mass is 16.5. The van der Waals surface area contributed by atoms with E-state index >= 15 is 0 Å². The first-order valence-electron chi connectivity index (χ1n) is 4.89. The lowest BCUT2D eigenvalue weighted by molar-refractivity contribution is 0.209. The van der Waals surface area contributed by atoms with Crippen molar-refractivity contribution in [1.29, 1.82) is 0 Å². The quantitative estimate of drug-likeness (QED) is 0.685. The fraction of sp³-hybridized carbons (Fsp3) is 0.800. The molecule has 0 radical (unpaired) electrons. The minimum absolute atomic E-state index is 0.393. The van der Waals surface area contributed by atoms with Crippen molar-refractivity contribution in [2.75, 3.05) is 34.3 Å². The first-order chi connectivity index (χ1) is 6.24. The third kappa shape index (κ3) is 3.36. The minimum Gasteiger partial charge on any atom is -0.496 e. The molecule has 1 heterocycles. The number of rotatable bonds is 5. The highest BCUT2D eigenvalue weighted by molar-refractivity contribution is 5.06. The lowest BCUT2D eigenvalue weighted by Crippen LogP contribution is -2.31. The highest BCUT2D eigenvalue weighted by Crippen LogP contribution is 2.15. The van der Waals surface area contributed by atoms with E-state index in [0.717, 1.165) is 31.8 Å². The Morgan fingerprint density at radius 3 is 2.85 bits per heavy atom. The maximum atomic E-state index is 5.52. The second-order valence-corrected chi connectivity index (χ2v) is 3.68. The largest absolute Gasteiger partial charge is 0.496 e. The minimum atomic E-state index is 0.393. The average Bonchev–Trinajstić information content (AvgIpc) is 2.58. The molecule has 1 aliphatic rings. The topological polar surface area (TPSA) is 24.5 Å². The lowest BCUT2D eigenvalue weighted by Gasteiger charge is -2.19. The molecular weight excluding hydrogens is 164 g/mol. The fourth-order valence-electron chi connectivity index (χ4n) is 1.50. The highest BCUT2D eigenvalue weighted by Gasteiger charge is 2.16. The van der Waals surface area contributed by atoms with Gasteiger partial charge < -0.3 is 15.0 Å². The molecule has 0 aromatic rings. The van der Waals surface area contributed by atoms with Gasteiger partial charge in [-0.05, 0) is 40.2 Å². The van der Waals surface area contributed by atoms with Gasteiger partial charge in [0.05, 0.1) is 12.6 Å².